The Balaban J connectivity index is 1.47. The highest BCUT2D eigenvalue weighted by molar-refractivity contribution is 5.81. The van der Waals surface area contributed by atoms with E-state index in [1.54, 1.807) is 46.0 Å². The molecule has 5 aromatic rings. The SMILES string of the molecule is CC(=O)Cc1cc(Oc2ccc3nc(Nc4cc(-n5cccn5)cn(C(C)C)c4=O)n(C)c3c2)ccn1. The number of carbonyl (C=O) groups excluding carboxylic acids is 1. The number of ketones is 1. The number of rotatable bonds is 8. The molecule has 5 rings (SSSR count). The van der Waals surface area contributed by atoms with E-state index in [2.05, 4.69) is 20.4 Å². The van der Waals surface area contributed by atoms with Crippen LogP contribution in [-0.4, -0.2) is 34.7 Å². The molecule has 0 amide bonds. The van der Waals surface area contributed by atoms with E-state index in [1.807, 2.05) is 55.9 Å². The van der Waals surface area contributed by atoms with Gasteiger partial charge in [0.1, 0.15) is 23.0 Å². The van der Waals surface area contributed by atoms with Gasteiger partial charge in [-0.05, 0) is 51.1 Å². The average molecular weight is 498 g/mol. The van der Waals surface area contributed by atoms with Crippen molar-refractivity contribution >= 4 is 28.5 Å². The summed E-state index contributed by atoms with van der Waals surface area (Å²) in [7, 11) is 1.87. The lowest BCUT2D eigenvalue weighted by Gasteiger charge is -2.15. The van der Waals surface area contributed by atoms with Crippen LogP contribution in [0.2, 0.25) is 0 Å². The van der Waals surface area contributed by atoms with Crippen LogP contribution < -0.4 is 15.6 Å². The van der Waals surface area contributed by atoms with Crippen LogP contribution in [0.1, 0.15) is 32.5 Å². The number of aromatic nitrogens is 6. The first-order valence-electron chi connectivity index (χ1n) is 11.9. The number of Topliss-reactive ketones (excluding diaryl/α,β-unsaturated/α-hetero) is 1. The van der Waals surface area contributed by atoms with Gasteiger partial charge in [-0.25, -0.2) is 9.67 Å². The van der Waals surface area contributed by atoms with Gasteiger partial charge >= 0.3 is 0 Å². The van der Waals surface area contributed by atoms with Gasteiger partial charge in [-0.15, -0.1) is 0 Å². The molecule has 0 radical (unpaired) electrons. The number of aryl methyl sites for hydroxylation is 1. The Hall–Kier alpha value is -4.73. The van der Waals surface area contributed by atoms with Crippen LogP contribution in [0.4, 0.5) is 11.6 Å². The molecule has 4 aromatic heterocycles. The Morgan fingerprint density at radius 1 is 1.11 bits per heavy atom. The summed E-state index contributed by atoms with van der Waals surface area (Å²) in [6, 6.07) is 12.6. The largest absolute Gasteiger partial charge is 0.457 e. The maximum absolute atomic E-state index is 13.2. The normalized spacial score (nSPS) is 11.3. The molecule has 0 unspecified atom stereocenters. The van der Waals surface area contributed by atoms with E-state index in [-0.39, 0.29) is 23.8 Å². The summed E-state index contributed by atoms with van der Waals surface area (Å²) >= 11 is 0. The Morgan fingerprint density at radius 2 is 1.92 bits per heavy atom. The van der Waals surface area contributed by atoms with E-state index in [1.165, 1.54) is 6.92 Å². The van der Waals surface area contributed by atoms with Gasteiger partial charge in [-0.1, -0.05) is 0 Å². The van der Waals surface area contributed by atoms with Gasteiger partial charge in [0.05, 0.1) is 22.4 Å². The first-order valence-corrected chi connectivity index (χ1v) is 11.9. The molecule has 0 saturated carbocycles. The lowest BCUT2D eigenvalue weighted by molar-refractivity contribution is -0.116. The van der Waals surface area contributed by atoms with Gasteiger partial charge in [-0.2, -0.15) is 5.10 Å². The second-order valence-electron chi connectivity index (χ2n) is 9.10. The molecule has 0 atom stereocenters. The highest BCUT2D eigenvalue weighted by Gasteiger charge is 2.15. The fraction of sp³-hybridized carbons (Fsp3) is 0.222. The molecule has 1 aromatic carbocycles. The molecule has 1 N–H and O–H groups in total. The fourth-order valence-electron chi connectivity index (χ4n) is 4.08. The molecule has 0 spiro atoms. The number of anilines is 2. The predicted octanol–water partition coefficient (Wildman–Crippen LogP) is 4.56. The van der Waals surface area contributed by atoms with Crippen molar-refractivity contribution in [3.05, 3.63) is 83.3 Å². The van der Waals surface area contributed by atoms with E-state index >= 15 is 0 Å². The van der Waals surface area contributed by atoms with Crippen molar-refractivity contribution in [1.82, 2.24) is 28.9 Å². The summed E-state index contributed by atoms with van der Waals surface area (Å²) in [6.07, 6.45) is 7.20. The van der Waals surface area contributed by atoms with Crippen molar-refractivity contribution < 1.29 is 9.53 Å². The molecule has 0 aliphatic rings. The van der Waals surface area contributed by atoms with Gasteiger partial charge in [0, 0.05) is 56.4 Å². The van der Waals surface area contributed by atoms with Crippen LogP contribution in [0.15, 0.2) is 72.0 Å². The zero-order chi connectivity index (χ0) is 26.1. The minimum atomic E-state index is -0.152. The number of benzene rings is 1. The summed E-state index contributed by atoms with van der Waals surface area (Å²) in [5.74, 6) is 1.77. The van der Waals surface area contributed by atoms with E-state index < -0.39 is 0 Å². The lowest BCUT2D eigenvalue weighted by atomic mass is 10.2. The molecule has 4 heterocycles. The van der Waals surface area contributed by atoms with Crippen molar-refractivity contribution in [2.75, 3.05) is 5.32 Å². The van der Waals surface area contributed by atoms with Crippen LogP contribution >= 0.6 is 0 Å². The molecule has 0 saturated heterocycles. The molecule has 0 fully saturated rings. The third-order valence-electron chi connectivity index (χ3n) is 5.91. The van der Waals surface area contributed by atoms with E-state index in [0.29, 0.717) is 28.8 Å². The minimum absolute atomic E-state index is 0.0344. The number of carbonyl (C=O) groups is 1. The summed E-state index contributed by atoms with van der Waals surface area (Å²) in [5.41, 5.74) is 3.23. The van der Waals surface area contributed by atoms with Crippen LogP contribution in [0.25, 0.3) is 16.7 Å². The van der Waals surface area contributed by atoms with Crippen molar-refractivity contribution in [2.24, 2.45) is 7.05 Å². The third-order valence-corrected chi connectivity index (χ3v) is 5.91. The maximum atomic E-state index is 13.2. The summed E-state index contributed by atoms with van der Waals surface area (Å²) in [4.78, 5) is 33.5. The number of nitrogens with one attached hydrogen (secondary N) is 1. The first-order chi connectivity index (χ1) is 17.8. The quantitative estimate of drug-likeness (QED) is 0.335. The molecule has 0 bridgehead atoms. The topological polar surface area (TPSA) is 109 Å². The molecular formula is C27H27N7O3. The zero-order valence-corrected chi connectivity index (χ0v) is 21.0. The Labute approximate surface area is 213 Å². The van der Waals surface area contributed by atoms with Crippen LogP contribution in [0, 0.1) is 0 Å². The number of ether oxygens (including phenoxy) is 1. The second-order valence-corrected chi connectivity index (χ2v) is 9.10. The first kappa shape index (κ1) is 24.0. The van der Waals surface area contributed by atoms with Crippen molar-refractivity contribution in [1.29, 1.82) is 0 Å². The summed E-state index contributed by atoms with van der Waals surface area (Å²) < 4.78 is 11.3. The number of pyridine rings is 2. The maximum Gasteiger partial charge on any atom is 0.274 e. The van der Waals surface area contributed by atoms with Crippen molar-refractivity contribution in [3.8, 4) is 17.2 Å². The summed E-state index contributed by atoms with van der Waals surface area (Å²) in [5, 5.41) is 7.52. The van der Waals surface area contributed by atoms with Crippen LogP contribution in [-0.2, 0) is 18.3 Å². The number of hydrogen-bond donors (Lipinski definition) is 1. The van der Waals surface area contributed by atoms with Gasteiger partial charge in [0.2, 0.25) is 5.95 Å². The molecular weight excluding hydrogens is 470 g/mol. The smallest absolute Gasteiger partial charge is 0.274 e. The molecule has 10 heteroatoms. The Bertz CT molecular complexity index is 1650. The van der Waals surface area contributed by atoms with Gasteiger partial charge in [0.25, 0.3) is 5.56 Å². The van der Waals surface area contributed by atoms with Crippen molar-refractivity contribution in [2.45, 2.75) is 33.2 Å². The standard InChI is InChI=1S/C27H27N7O3/c1-17(2)33-16-20(34-11-5-9-29-34)14-24(26(33)36)31-27-30-23-7-6-21(15-25(23)32(27)4)37-22-8-10-28-19(13-22)12-18(3)35/h5-11,13-17H,12H2,1-4H3,(H,30,31). The number of nitrogens with zero attached hydrogens (tertiary/aromatic N) is 6. The number of hydrogen-bond acceptors (Lipinski definition) is 7. The van der Waals surface area contributed by atoms with E-state index in [0.717, 1.165) is 16.7 Å². The molecule has 0 aliphatic heterocycles. The molecule has 0 aliphatic carbocycles. The van der Waals surface area contributed by atoms with Gasteiger partial charge in [-0.3, -0.25) is 14.6 Å². The van der Waals surface area contributed by atoms with Gasteiger partial charge in [0.15, 0.2) is 0 Å². The molecule has 10 nitrogen and oxygen atoms in total. The zero-order valence-electron chi connectivity index (χ0n) is 21.0. The third kappa shape index (κ3) is 4.99. The Morgan fingerprint density at radius 3 is 2.65 bits per heavy atom. The summed E-state index contributed by atoms with van der Waals surface area (Å²) in [6.45, 7) is 5.45. The average Bonchev–Trinajstić information content (AvgIpc) is 3.49. The van der Waals surface area contributed by atoms with Crippen LogP contribution in [0.3, 0.4) is 0 Å². The highest BCUT2D eigenvalue weighted by atomic mass is 16.5. The highest BCUT2D eigenvalue weighted by Crippen LogP contribution is 2.28. The predicted molar refractivity (Wildman–Crippen MR) is 141 cm³/mol. The van der Waals surface area contributed by atoms with E-state index in [9.17, 15) is 9.59 Å². The monoisotopic (exact) mass is 497 g/mol. The van der Waals surface area contributed by atoms with Gasteiger partial charge < -0.3 is 19.2 Å². The lowest BCUT2D eigenvalue weighted by Crippen LogP contribution is -2.25. The molecule has 188 valence electrons. The number of imidazole rings is 1. The molecule has 37 heavy (non-hydrogen) atoms. The van der Waals surface area contributed by atoms with Crippen LogP contribution in [0.5, 0.6) is 11.5 Å². The fourth-order valence-corrected chi connectivity index (χ4v) is 4.08. The minimum Gasteiger partial charge on any atom is -0.457 e. The van der Waals surface area contributed by atoms with Crippen molar-refractivity contribution in [3.63, 3.8) is 0 Å². The van der Waals surface area contributed by atoms with E-state index in [4.69, 9.17) is 4.74 Å². The number of fused-ring (bicyclic) bond motifs is 1. The second kappa shape index (κ2) is 9.73. The Kier molecular flexibility index (Phi) is 6.31.